The number of anilines is 1. The van der Waals surface area contributed by atoms with Gasteiger partial charge in [-0.1, -0.05) is 60.1 Å². The number of nitrogens with one attached hydrogen (secondary N) is 1. The van der Waals surface area contributed by atoms with Crippen molar-refractivity contribution >= 4 is 27.3 Å². The number of hydrogen-bond acceptors (Lipinski definition) is 3. The molecule has 144 valence electrons. The lowest BCUT2D eigenvalue weighted by Crippen LogP contribution is -2.37. The molecule has 0 amide bonds. The Labute approximate surface area is 170 Å². The summed E-state index contributed by atoms with van der Waals surface area (Å²) in [5.74, 6) is 0. The second-order valence-corrected chi connectivity index (χ2v) is 9.01. The number of para-hydroxylation sites is 1. The van der Waals surface area contributed by atoms with Gasteiger partial charge in [0.2, 0.25) is 10.0 Å². The summed E-state index contributed by atoms with van der Waals surface area (Å²) < 4.78 is 28.3. The van der Waals surface area contributed by atoms with E-state index in [2.05, 4.69) is 21.8 Å². The molecular weight excluding hydrogens is 392 g/mol. The van der Waals surface area contributed by atoms with Crippen LogP contribution in [0.2, 0.25) is 5.02 Å². The van der Waals surface area contributed by atoms with Crippen molar-refractivity contribution in [1.29, 1.82) is 0 Å². The molecule has 4 nitrogen and oxygen atoms in total. The molecule has 0 bridgehead atoms. The standard InChI is InChI=1S/C22H21ClN2O2S/c23-19-10-12-20(13-11-19)28(26,27)24-16-22(17-6-2-1-3-7-17)25-15-14-18-8-4-5-9-21(18)25/h1-13,22,24H,14-16H2/t22-/m0/s1. The Morgan fingerprint density at radius 2 is 1.61 bits per heavy atom. The van der Waals surface area contributed by atoms with Gasteiger partial charge in [-0.2, -0.15) is 0 Å². The molecule has 1 N–H and O–H groups in total. The number of benzene rings is 3. The highest BCUT2D eigenvalue weighted by atomic mass is 35.5. The van der Waals surface area contributed by atoms with Crippen LogP contribution in [0.4, 0.5) is 5.69 Å². The van der Waals surface area contributed by atoms with Crippen molar-refractivity contribution in [3.63, 3.8) is 0 Å². The Hall–Kier alpha value is -2.34. The van der Waals surface area contributed by atoms with Crippen LogP contribution in [-0.2, 0) is 16.4 Å². The molecule has 0 aliphatic carbocycles. The average molecular weight is 413 g/mol. The maximum atomic E-state index is 12.8. The number of nitrogens with zero attached hydrogens (tertiary/aromatic N) is 1. The van der Waals surface area contributed by atoms with Gasteiger partial charge < -0.3 is 4.90 Å². The first-order chi connectivity index (χ1) is 13.5. The zero-order chi connectivity index (χ0) is 19.6. The molecule has 1 aliphatic rings. The predicted molar refractivity (Wildman–Crippen MR) is 113 cm³/mol. The van der Waals surface area contributed by atoms with Gasteiger partial charge in [0.1, 0.15) is 0 Å². The summed E-state index contributed by atoms with van der Waals surface area (Å²) in [6.07, 6.45) is 0.962. The third-order valence-electron chi connectivity index (χ3n) is 5.07. The molecule has 0 radical (unpaired) electrons. The van der Waals surface area contributed by atoms with Gasteiger partial charge in [0.25, 0.3) is 0 Å². The monoisotopic (exact) mass is 412 g/mol. The van der Waals surface area contributed by atoms with E-state index in [0.717, 1.165) is 18.5 Å². The second-order valence-electron chi connectivity index (χ2n) is 6.80. The van der Waals surface area contributed by atoms with Crippen LogP contribution in [0, 0.1) is 0 Å². The summed E-state index contributed by atoms with van der Waals surface area (Å²) >= 11 is 5.88. The second kappa shape index (κ2) is 7.95. The van der Waals surface area contributed by atoms with Gasteiger partial charge >= 0.3 is 0 Å². The van der Waals surface area contributed by atoms with E-state index in [4.69, 9.17) is 11.6 Å². The van der Waals surface area contributed by atoms with Crippen LogP contribution < -0.4 is 9.62 Å². The summed E-state index contributed by atoms with van der Waals surface area (Å²) in [5, 5.41) is 0.509. The van der Waals surface area contributed by atoms with E-state index in [0.29, 0.717) is 5.02 Å². The van der Waals surface area contributed by atoms with Crippen LogP contribution in [0.1, 0.15) is 17.2 Å². The first-order valence-electron chi connectivity index (χ1n) is 9.19. The van der Waals surface area contributed by atoms with Gasteiger partial charge in [0.05, 0.1) is 10.9 Å². The van der Waals surface area contributed by atoms with Crippen molar-refractivity contribution in [3.05, 3.63) is 95.0 Å². The number of halogens is 1. The Kier molecular flexibility index (Phi) is 5.40. The van der Waals surface area contributed by atoms with Crippen molar-refractivity contribution in [3.8, 4) is 0 Å². The lowest BCUT2D eigenvalue weighted by Gasteiger charge is -2.31. The fourth-order valence-corrected chi connectivity index (χ4v) is 4.82. The van der Waals surface area contributed by atoms with Crippen LogP contribution in [0.25, 0.3) is 0 Å². The van der Waals surface area contributed by atoms with Crippen molar-refractivity contribution < 1.29 is 8.42 Å². The first-order valence-corrected chi connectivity index (χ1v) is 11.1. The molecule has 28 heavy (non-hydrogen) atoms. The van der Waals surface area contributed by atoms with Crippen molar-refractivity contribution in [1.82, 2.24) is 4.72 Å². The topological polar surface area (TPSA) is 49.4 Å². The van der Waals surface area contributed by atoms with E-state index in [1.54, 1.807) is 12.1 Å². The Morgan fingerprint density at radius 1 is 0.929 bits per heavy atom. The van der Waals surface area contributed by atoms with Gasteiger partial charge in [-0.05, 0) is 47.9 Å². The van der Waals surface area contributed by atoms with E-state index in [1.807, 2.05) is 42.5 Å². The molecule has 0 saturated carbocycles. The smallest absolute Gasteiger partial charge is 0.240 e. The van der Waals surface area contributed by atoms with Crippen LogP contribution in [-0.4, -0.2) is 21.5 Å². The molecule has 0 aromatic heterocycles. The summed E-state index contributed by atoms with van der Waals surface area (Å²) in [4.78, 5) is 2.50. The predicted octanol–water partition coefficient (Wildman–Crippen LogP) is 4.42. The number of fused-ring (bicyclic) bond motifs is 1. The molecule has 0 spiro atoms. The molecule has 3 aromatic carbocycles. The minimum absolute atomic E-state index is 0.0908. The molecule has 4 rings (SSSR count). The molecule has 1 aliphatic heterocycles. The largest absolute Gasteiger partial charge is 0.363 e. The highest BCUT2D eigenvalue weighted by molar-refractivity contribution is 7.89. The lowest BCUT2D eigenvalue weighted by molar-refractivity contribution is 0.563. The molecule has 0 unspecified atom stereocenters. The first kappa shape index (κ1) is 19.0. The molecule has 0 fully saturated rings. The SMILES string of the molecule is O=S(=O)(NC[C@@H](c1ccccc1)N1CCc2ccccc21)c1ccc(Cl)cc1. The maximum absolute atomic E-state index is 12.8. The van der Waals surface area contributed by atoms with Gasteiger partial charge in [-0.15, -0.1) is 0 Å². The molecule has 3 aromatic rings. The van der Waals surface area contributed by atoms with Crippen LogP contribution in [0.3, 0.4) is 0 Å². The minimum Gasteiger partial charge on any atom is -0.363 e. The van der Waals surface area contributed by atoms with E-state index in [9.17, 15) is 8.42 Å². The highest BCUT2D eigenvalue weighted by Crippen LogP contribution is 2.35. The van der Waals surface area contributed by atoms with Crippen molar-refractivity contribution in [2.75, 3.05) is 18.0 Å². The zero-order valence-electron chi connectivity index (χ0n) is 15.3. The minimum atomic E-state index is -3.62. The van der Waals surface area contributed by atoms with Gasteiger partial charge in [-0.3, -0.25) is 0 Å². The van der Waals surface area contributed by atoms with Crippen LogP contribution in [0.5, 0.6) is 0 Å². The maximum Gasteiger partial charge on any atom is 0.240 e. The van der Waals surface area contributed by atoms with Gasteiger partial charge in [-0.25, -0.2) is 13.1 Å². The molecule has 1 atom stereocenters. The summed E-state index contributed by atoms with van der Waals surface area (Å²) in [5.41, 5.74) is 3.55. The van der Waals surface area contributed by atoms with Crippen molar-refractivity contribution in [2.24, 2.45) is 0 Å². The van der Waals surface area contributed by atoms with E-state index in [-0.39, 0.29) is 17.5 Å². The van der Waals surface area contributed by atoms with Crippen molar-refractivity contribution in [2.45, 2.75) is 17.4 Å². The third-order valence-corrected chi connectivity index (χ3v) is 6.77. The average Bonchev–Trinajstić information content (AvgIpc) is 3.13. The summed E-state index contributed by atoms with van der Waals surface area (Å²) in [6.45, 7) is 1.14. The quantitative estimate of drug-likeness (QED) is 0.651. The van der Waals surface area contributed by atoms with Gasteiger partial charge in [0, 0.05) is 23.8 Å². The fraction of sp³-hybridized carbons (Fsp3) is 0.182. The number of rotatable bonds is 6. The van der Waals surface area contributed by atoms with E-state index in [1.165, 1.54) is 23.4 Å². The van der Waals surface area contributed by atoms with Crippen LogP contribution in [0.15, 0.2) is 83.8 Å². The lowest BCUT2D eigenvalue weighted by atomic mass is 10.1. The normalized spacial score (nSPS) is 14.7. The Bertz CT molecular complexity index is 1050. The summed E-state index contributed by atoms with van der Waals surface area (Å²) in [7, 11) is -3.62. The molecule has 1 heterocycles. The Balaban J connectivity index is 1.61. The number of sulfonamides is 1. The summed E-state index contributed by atoms with van der Waals surface area (Å²) in [6, 6.07) is 24.5. The van der Waals surface area contributed by atoms with Crippen LogP contribution >= 0.6 is 11.6 Å². The molecule has 0 saturated heterocycles. The highest BCUT2D eigenvalue weighted by Gasteiger charge is 2.28. The third kappa shape index (κ3) is 3.92. The zero-order valence-corrected chi connectivity index (χ0v) is 16.8. The molecular formula is C22H21ClN2O2S. The van der Waals surface area contributed by atoms with E-state index < -0.39 is 10.0 Å². The fourth-order valence-electron chi connectivity index (χ4n) is 3.66. The Morgan fingerprint density at radius 3 is 2.36 bits per heavy atom. The molecule has 6 heteroatoms. The van der Waals surface area contributed by atoms with E-state index >= 15 is 0 Å². The van der Waals surface area contributed by atoms with Gasteiger partial charge in [0.15, 0.2) is 0 Å². The number of hydrogen-bond donors (Lipinski definition) is 1.